The molecule has 18 nitrogen and oxygen atoms in total. The molecule has 2 heterocycles. The first-order valence-electron chi connectivity index (χ1n) is 21.2. The van der Waals surface area contributed by atoms with Gasteiger partial charge in [0.25, 0.3) is 26.3 Å². The molecule has 66 heavy (non-hydrogen) atoms. The van der Waals surface area contributed by atoms with Crippen LogP contribution in [0.25, 0.3) is 0 Å². The fourth-order valence-corrected chi connectivity index (χ4v) is 7.86. The van der Waals surface area contributed by atoms with Gasteiger partial charge in [-0.3, -0.25) is 19.2 Å². The molecule has 0 aliphatic heterocycles. The number of halogens is 2. The lowest BCUT2D eigenvalue weighted by atomic mass is 9.92. The van der Waals surface area contributed by atoms with Crippen LogP contribution in [0.15, 0.2) is 46.5 Å². The van der Waals surface area contributed by atoms with Crippen LogP contribution < -0.4 is 19.9 Å². The molecular weight excluding hydrogens is 899 g/mol. The minimum atomic E-state index is -4.22. The van der Waals surface area contributed by atoms with Gasteiger partial charge < -0.3 is 19.5 Å². The van der Waals surface area contributed by atoms with E-state index < -0.39 is 31.9 Å². The maximum atomic E-state index is 14.1. The molecular formula is C44H68F2N10O8S2. The maximum Gasteiger partial charge on any atom is 0.333 e. The topological polar surface area (TPSA) is 229 Å². The van der Waals surface area contributed by atoms with E-state index in [0.29, 0.717) is 61.1 Å². The fourth-order valence-electron chi connectivity index (χ4n) is 6.40. The number of aryl methyl sites for hydroxylation is 2. The van der Waals surface area contributed by atoms with Crippen LogP contribution in [0.2, 0.25) is 0 Å². The van der Waals surface area contributed by atoms with Gasteiger partial charge in [-0.1, -0.05) is 55.4 Å². The molecule has 2 aromatic carbocycles. The van der Waals surface area contributed by atoms with Gasteiger partial charge in [0.15, 0.2) is 10.1 Å². The number of benzene rings is 2. The van der Waals surface area contributed by atoms with E-state index in [1.165, 1.54) is 45.8 Å². The molecule has 4 aromatic rings. The van der Waals surface area contributed by atoms with E-state index in [0.717, 1.165) is 23.4 Å². The molecule has 0 bridgehead atoms. The summed E-state index contributed by atoms with van der Waals surface area (Å²) in [5.41, 5.74) is 4.52. The number of rotatable bonds is 19. The predicted octanol–water partition coefficient (Wildman–Crippen LogP) is 6.47. The third-order valence-corrected chi connectivity index (χ3v) is 12.1. The number of ether oxygens (including phenoxy) is 3. The summed E-state index contributed by atoms with van der Waals surface area (Å²) < 4.78 is 95.4. The number of nitrogens with one attached hydrogen (secondary N) is 2. The van der Waals surface area contributed by atoms with Crippen LogP contribution in [0.3, 0.4) is 0 Å². The highest BCUT2D eigenvalue weighted by atomic mass is 32.2. The molecule has 2 aromatic heterocycles. The molecule has 0 saturated carbocycles. The molecule has 4 rings (SSSR count). The van der Waals surface area contributed by atoms with E-state index in [1.54, 1.807) is 34.6 Å². The van der Waals surface area contributed by atoms with Gasteiger partial charge in [0.1, 0.15) is 17.4 Å². The summed E-state index contributed by atoms with van der Waals surface area (Å²) in [4.78, 5) is 16.6. The van der Waals surface area contributed by atoms with Crippen LogP contribution in [0.1, 0.15) is 113 Å². The van der Waals surface area contributed by atoms with Crippen molar-refractivity contribution in [3.63, 3.8) is 0 Å². The number of urea groups is 1. The number of hydrogen-bond donors (Lipinski definition) is 3. The van der Waals surface area contributed by atoms with E-state index in [-0.39, 0.29) is 39.5 Å². The van der Waals surface area contributed by atoms with Gasteiger partial charge in [-0.2, -0.15) is 18.6 Å². The summed E-state index contributed by atoms with van der Waals surface area (Å²) in [6.07, 6.45) is 1.67. The molecule has 0 aliphatic rings. The lowest BCUT2D eigenvalue weighted by Crippen LogP contribution is -2.35. The number of nitrogens with two attached hydrogens (primary N) is 1. The predicted molar refractivity (Wildman–Crippen MR) is 249 cm³/mol. The standard InChI is InChI=1S/C22H34FN5O4S.C13H16FNO.C9H18N4O3S/c1-14(2)18-10-16(23)11-19(15(3)4)21(18)24-22(29)26-33(30,31)20-12-17(28(6)25-20)13-27(5)8-9-32-7;1-8(2)11-5-10(14)6-12(9(3)4)13(11)16-7-15;1-12(4-5-16-3)7-8-6-9(11-13(8)2)17(10,14)15/h10-12,14-15H,8-9,13H2,1-7H3,(H2,24,26,29);5-6,8-9H,1-4H3;6H,4-5,7H2,1-3H3,(H2,10,14,15). The molecule has 0 spiro atoms. The normalized spacial score (nSPS) is 11.8. The smallest absolute Gasteiger partial charge is 0.333 e. The van der Waals surface area contributed by atoms with Gasteiger partial charge in [0.2, 0.25) is 0 Å². The first-order valence-corrected chi connectivity index (χ1v) is 24.2. The second-order valence-electron chi connectivity index (χ2n) is 16.9. The maximum absolute atomic E-state index is 14.1. The number of aromatic nitrogens is 4. The van der Waals surface area contributed by atoms with E-state index in [2.05, 4.69) is 15.5 Å². The summed E-state index contributed by atoms with van der Waals surface area (Å²) >= 11 is 0. The van der Waals surface area contributed by atoms with Crippen LogP contribution in [-0.2, 0) is 56.7 Å². The van der Waals surface area contributed by atoms with Crippen molar-refractivity contribution < 1.29 is 44.6 Å². The first kappa shape index (κ1) is 57.1. The van der Waals surface area contributed by atoms with Crippen LogP contribution in [0.5, 0.6) is 5.75 Å². The number of amides is 2. The lowest BCUT2D eigenvalue weighted by Gasteiger charge is -2.20. The Hall–Kier alpha value is -5.02. The number of sulfonamides is 2. The Morgan fingerprint density at radius 3 is 1.45 bits per heavy atom. The van der Waals surface area contributed by atoms with Crippen molar-refractivity contribution >= 4 is 31.8 Å². The SMILES string of the molecule is CC(C)c1cc(F)cc(C(C)C)c1OC#N.COCCN(C)Cc1cc(S(=O)(=O)NC(=O)Nc2c(C(C)C)cc(F)cc2C(C)C)nn1C.COCCN(C)Cc1cc(S(N)(=O)=O)nn1C. The third-order valence-electron chi connectivity index (χ3n) is 10.1. The molecule has 0 atom stereocenters. The van der Waals surface area contributed by atoms with Crippen molar-refractivity contribution in [1.82, 2.24) is 34.1 Å². The summed E-state index contributed by atoms with van der Waals surface area (Å²) in [5, 5.41) is 23.8. The minimum absolute atomic E-state index is 0.0847. The van der Waals surface area contributed by atoms with E-state index in [9.17, 15) is 30.4 Å². The van der Waals surface area contributed by atoms with Crippen LogP contribution in [0.4, 0.5) is 19.3 Å². The molecule has 0 unspecified atom stereocenters. The summed E-state index contributed by atoms with van der Waals surface area (Å²) in [7, 11) is 2.42. The van der Waals surface area contributed by atoms with Crippen LogP contribution in [0, 0.1) is 23.2 Å². The highest BCUT2D eigenvalue weighted by molar-refractivity contribution is 7.90. The number of nitriles is 1. The number of carbonyl (C=O) groups is 1. The van der Waals surface area contributed by atoms with Gasteiger partial charge in [-0.05, 0) is 73.2 Å². The number of hydrogen-bond acceptors (Lipinski definition) is 13. The van der Waals surface area contributed by atoms with Crippen molar-refractivity contribution in [3.05, 3.63) is 81.7 Å². The van der Waals surface area contributed by atoms with E-state index in [4.69, 9.17) is 24.6 Å². The van der Waals surface area contributed by atoms with Crippen molar-refractivity contribution in [2.75, 3.05) is 59.9 Å². The Labute approximate surface area is 389 Å². The average molecular weight is 967 g/mol. The van der Waals surface area contributed by atoms with Crippen LogP contribution >= 0.6 is 0 Å². The third kappa shape index (κ3) is 17.3. The Balaban J connectivity index is 0.000000379. The lowest BCUT2D eigenvalue weighted by molar-refractivity contribution is 0.157. The molecule has 22 heteroatoms. The zero-order chi connectivity index (χ0) is 50.3. The Morgan fingerprint density at radius 2 is 1.11 bits per heavy atom. The highest BCUT2D eigenvalue weighted by Gasteiger charge is 2.25. The van der Waals surface area contributed by atoms with Crippen molar-refractivity contribution in [2.45, 2.75) is 102 Å². The number of nitrogens with zero attached hydrogens (tertiary/aromatic N) is 7. The number of methoxy groups -OCH3 is 2. The molecule has 0 aliphatic carbocycles. The van der Waals surface area contributed by atoms with Gasteiger partial charge in [-0.25, -0.2) is 31.9 Å². The molecule has 0 saturated heterocycles. The second-order valence-corrected chi connectivity index (χ2v) is 20.1. The largest absolute Gasteiger partial charge is 0.387 e. The van der Waals surface area contributed by atoms with E-state index in [1.807, 2.05) is 84.0 Å². The zero-order valence-corrected chi connectivity index (χ0v) is 42.2. The van der Waals surface area contributed by atoms with Gasteiger partial charge >= 0.3 is 6.03 Å². The molecule has 2 amide bonds. The quantitative estimate of drug-likeness (QED) is 0.0857. The highest BCUT2D eigenvalue weighted by Crippen LogP contribution is 2.36. The average Bonchev–Trinajstić information content (AvgIpc) is 3.78. The molecule has 368 valence electrons. The van der Waals surface area contributed by atoms with Gasteiger partial charge in [0, 0.05) is 83.4 Å². The van der Waals surface area contributed by atoms with E-state index >= 15 is 0 Å². The fraction of sp³-hybridized carbons (Fsp3) is 0.545. The van der Waals surface area contributed by atoms with Gasteiger partial charge in [-0.15, -0.1) is 5.26 Å². The number of anilines is 1. The van der Waals surface area contributed by atoms with Crippen molar-refractivity contribution in [3.8, 4) is 12.0 Å². The summed E-state index contributed by atoms with van der Waals surface area (Å²) in [6, 6.07) is 7.55. The molecule has 0 radical (unpaired) electrons. The number of primary sulfonamides is 1. The van der Waals surface area contributed by atoms with Crippen molar-refractivity contribution in [1.29, 1.82) is 5.26 Å². The number of carbonyl (C=O) groups excluding carboxylic acids is 1. The number of likely N-dealkylation sites (N-methyl/N-ethyl adjacent to an activating group) is 2. The Bertz CT molecular complexity index is 2430. The summed E-state index contributed by atoms with van der Waals surface area (Å²) in [5.74, 6) is -0.103. The zero-order valence-electron chi connectivity index (χ0n) is 40.6. The summed E-state index contributed by atoms with van der Waals surface area (Å²) in [6.45, 7) is 18.9. The second kappa shape index (κ2) is 25.8. The first-order chi connectivity index (χ1) is 30.7. The van der Waals surface area contributed by atoms with Gasteiger partial charge in [0.05, 0.1) is 24.6 Å². The van der Waals surface area contributed by atoms with Crippen LogP contribution in [-0.4, -0.2) is 107 Å². The Kier molecular flexibility index (Phi) is 22.3. The van der Waals surface area contributed by atoms with Crippen molar-refractivity contribution in [2.24, 2.45) is 19.2 Å². The Morgan fingerprint density at radius 1 is 0.727 bits per heavy atom. The monoisotopic (exact) mass is 966 g/mol. The minimum Gasteiger partial charge on any atom is -0.387 e. The molecule has 0 fully saturated rings. The molecule has 4 N–H and O–H groups in total.